The number of carbonyl (C=O) groups is 3. The van der Waals surface area contributed by atoms with Gasteiger partial charge in [-0.25, -0.2) is 9.78 Å². The van der Waals surface area contributed by atoms with Gasteiger partial charge in [-0.05, 0) is 30.1 Å². The molecule has 0 radical (unpaired) electrons. The van der Waals surface area contributed by atoms with Crippen molar-refractivity contribution in [1.82, 2.24) is 15.6 Å². The lowest BCUT2D eigenvalue weighted by Crippen LogP contribution is -2.49. The molecule has 0 aliphatic rings. The third kappa shape index (κ3) is 9.59. The number of benzene rings is 1. The van der Waals surface area contributed by atoms with E-state index < -0.39 is 26.2 Å². The summed E-state index contributed by atoms with van der Waals surface area (Å²) in [4.78, 5) is 41.5. The topological polar surface area (TPSA) is 136 Å². The molecule has 1 aromatic carbocycles. The van der Waals surface area contributed by atoms with Crippen LogP contribution >= 0.6 is 11.3 Å². The Labute approximate surface area is 229 Å². The zero-order valence-corrected chi connectivity index (χ0v) is 24.8. The molecule has 0 aliphatic carbocycles. The van der Waals surface area contributed by atoms with Crippen LogP contribution in [0.2, 0.25) is 18.1 Å². The van der Waals surface area contributed by atoms with E-state index in [1.807, 2.05) is 24.3 Å². The normalized spacial score (nSPS) is 12.6. The van der Waals surface area contributed by atoms with Crippen LogP contribution in [0.15, 0.2) is 29.6 Å². The van der Waals surface area contributed by atoms with Gasteiger partial charge in [0.05, 0.1) is 13.7 Å². The Morgan fingerprint density at radius 2 is 1.84 bits per heavy atom. The Morgan fingerprint density at radius 1 is 1.16 bits per heavy atom. The average Bonchev–Trinajstić information content (AvgIpc) is 3.37. The van der Waals surface area contributed by atoms with Crippen LogP contribution in [0.4, 0.5) is 0 Å². The summed E-state index contributed by atoms with van der Waals surface area (Å²) in [6.07, 6.45) is 0.492. The average molecular weight is 566 g/mol. The Bertz CT molecular complexity index is 1070. The second-order valence-corrected chi connectivity index (χ2v) is 15.9. The highest BCUT2D eigenvalue weighted by molar-refractivity contribution is 7.13. The van der Waals surface area contributed by atoms with Crippen molar-refractivity contribution in [1.29, 1.82) is 0 Å². The third-order valence-corrected chi connectivity index (χ3v) is 11.7. The first-order chi connectivity index (χ1) is 17.9. The molecule has 210 valence electrons. The summed E-state index contributed by atoms with van der Waals surface area (Å²) in [5, 5.41) is 16.4. The van der Waals surface area contributed by atoms with Crippen molar-refractivity contribution in [3.05, 3.63) is 40.9 Å². The maximum absolute atomic E-state index is 12.9. The minimum atomic E-state index is -2.13. The lowest BCUT2D eigenvalue weighted by molar-refractivity contribution is -0.143. The minimum absolute atomic E-state index is 0.0265. The summed E-state index contributed by atoms with van der Waals surface area (Å²) in [7, 11) is -0.859. The van der Waals surface area contributed by atoms with Gasteiger partial charge >= 0.3 is 5.97 Å². The predicted octanol–water partition coefficient (Wildman–Crippen LogP) is 3.12. The number of hydrogen-bond donors (Lipinski definition) is 3. The predicted molar refractivity (Wildman–Crippen MR) is 148 cm³/mol. The van der Waals surface area contributed by atoms with Gasteiger partial charge in [0, 0.05) is 30.7 Å². The second-order valence-electron chi connectivity index (χ2n) is 10.3. The van der Waals surface area contributed by atoms with E-state index in [2.05, 4.69) is 49.5 Å². The standard InChI is InChI=1S/C26H39N3O7SSi/c1-26(2,3)38(5,6)36-15-20(25(33)34-4)28-23(32)21-17-37-24(29-21)19-10-8-18(9-11-19)14-27-22(31)16-35-13-7-12-30/h8-11,17,20,30H,7,12-16H2,1-6H3,(H,27,31)(H,28,32)/t20-/m0/s1. The first-order valence-corrected chi connectivity index (χ1v) is 16.2. The molecule has 0 bridgehead atoms. The molecule has 1 aromatic heterocycles. The van der Waals surface area contributed by atoms with Crippen LogP contribution in [-0.2, 0) is 30.0 Å². The third-order valence-electron chi connectivity index (χ3n) is 6.32. The quantitative estimate of drug-likeness (QED) is 0.181. The number of nitrogens with one attached hydrogen (secondary N) is 2. The van der Waals surface area contributed by atoms with E-state index >= 15 is 0 Å². The van der Waals surface area contributed by atoms with Crippen molar-refractivity contribution in [3.8, 4) is 10.6 Å². The van der Waals surface area contributed by atoms with Crippen LogP contribution in [-0.4, -0.2) is 75.8 Å². The number of esters is 1. The van der Waals surface area contributed by atoms with Crippen molar-refractivity contribution >= 4 is 37.4 Å². The second kappa shape index (κ2) is 14.5. The number of hydrogen-bond acceptors (Lipinski definition) is 9. The maximum atomic E-state index is 12.9. The Hall–Kier alpha value is -2.64. The molecule has 12 heteroatoms. The highest BCUT2D eigenvalue weighted by Gasteiger charge is 2.38. The van der Waals surface area contributed by atoms with E-state index in [0.717, 1.165) is 11.1 Å². The van der Waals surface area contributed by atoms with Gasteiger partial charge in [0.25, 0.3) is 5.91 Å². The molecule has 0 unspecified atom stereocenters. The number of ether oxygens (including phenoxy) is 2. The lowest BCUT2D eigenvalue weighted by Gasteiger charge is -2.37. The molecule has 0 aliphatic heterocycles. The summed E-state index contributed by atoms with van der Waals surface area (Å²) in [6, 6.07) is 6.53. The van der Waals surface area contributed by atoms with Gasteiger partial charge in [-0.3, -0.25) is 9.59 Å². The zero-order chi connectivity index (χ0) is 28.3. The highest BCUT2D eigenvalue weighted by atomic mass is 32.1. The molecule has 10 nitrogen and oxygen atoms in total. The van der Waals surface area contributed by atoms with E-state index in [9.17, 15) is 14.4 Å². The van der Waals surface area contributed by atoms with Crippen LogP contribution in [0, 0.1) is 0 Å². The number of nitrogens with zero attached hydrogens (tertiary/aromatic N) is 1. The van der Waals surface area contributed by atoms with E-state index in [1.165, 1.54) is 18.4 Å². The molecule has 38 heavy (non-hydrogen) atoms. The number of rotatable bonds is 14. The number of aliphatic hydroxyl groups is 1. The SMILES string of the molecule is COC(=O)[C@H](CO[Si](C)(C)C(C)(C)C)NC(=O)c1csc(-c2ccc(CNC(=O)COCCCO)cc2)n1. The fraction of sp³-hybridized carbons (Fsp3) is 0.538. The minimum Gasteiger partial charge on any atom is -0.467 e. The molecule has 0 fully saturated rings. The monoisotopic (exact) mass is 565 g/mol. The molecule has 0 saturated carbocycles. The zero-order valence-electron chi connectivity index (χ0n) is 23.0. The molecule has 0 saturated heterocycles. The Kier molecular flexibility index (Phi) is 12.0. The van der Waals surface area contributed by atoms with E-state index in [1.54, 1.807) is 5.38 Å². The molecular weight excluding hydrogens is 526 g/mol. The van der Waals surface area contributed by atoms with Gasteiger partial charge in [-0.2, -0.15) is 0 Å². The van der Waals surface area contributed by atoms with Crippen molar-refractivity contribution < 1.29 is 33.4 Å². The Balaban J connectivity index is 1.96. The van der Waals surface area contributed by atoms with Crippen molar-refractivity contribution in [2.45, 2.75) is 57.9 Å². The summed E-state index contributed by atoms with van der Waals surface area (Å²) in [6.45, 7) is 11.1. The molecule has 3 N–H and O–H groups in total. The molecule has 1 atom stereocenters. The van der Waals surface area contributed by atoms with Crippen LogP contribution < -0.4 is 10.6 Å². The molecular formula is C26H39N3O7SSi. The van der Waals surface area contributed by atoms with Crippen LogP contribution in [0.25, 0.3) is 10.6 Å². The van der Waals surface area contributed by atoms with Crippen LogP contribution in [0.5, 0.6) is 0 Å². The van der Waals surface area contributed by atoms with E-state index in [4.69, 9.17) is 19.0 Å². The van der Waals surface area contributed by atoms with Gasteiger partial charge in [0.15, 0.2) is 8.32 Å². The smallest absolute Gasteiger partial charge is 0.330 e. The summed E-state index contributed by atoms with van der Waals surface area (Å²) in [5.74, 6) is -1.29. The number of aliphatic hydroxyl groups excluding tert-OH is 1. The van der Waals surface area contributed by atoms with Crippen molar-refractivity contribution in [3.63, 3.8) is 0 Å². The van der Waals surface area contributed by atoms with Gasteiger partial charge in [-0.1, -0.05) is 45.0 Å². The Morgan fingerprint density at radius 3 is 2.45 bits per heavy atom. The molecule has 2 rings (SSSR count). The lowest BCUT2D eigenvalue weighted by atomic mass is 10.1. The summed E-state index contributed by atoms with van der Waals surface area (Å²) < 4.78 is 16.2. The van der Waals surface area contributed by atoms with Crippen molar-refractivity contribution in [2.75, 3.05) is 33.5 Å². The van der Waals surface area contributed by atoms with Crippen molar-refractivity contribution in [2.24, 2.45) is 0 Å². The van der Waals surface area contributed by atoms with Crippen LogP contribution in [0.3, 0.4) is 0 Å². The highest BCUT2D eigenvalue weighted by Crippen LogP contribution is 2.36. The molecule has 2 aromatic rings. The summed E-state index contributed by atoms with van der Waals surface area (Å²) in [5.41, 5.74) is 1.92. The molecule has 0 spiro atoms. The number of carbonyl (C=O) groups excluding carboxylic acids is 3. The number of methoxy groups -OCH3 is 1. The van der Waals surface area contributed by atoms with Gasteiger partial charge in [-0.15, -0.1) is 11.3 Å². The maximum Gasteiger partial charge on any atom is 0.330 e. The largest absolute Gasteiger partial charge is 0.467 e. The van der Waals surface area contributed by atoms with Gasteiger partial charge < -0.3 is 29.6 Å². The molecule has 2 amide bonds. The number of amides is 2. The number of thiazole rings is 1. The van der Waals surface area contributed by atoms with Crippen LogP contribution in [0.1, 0.15) is 43.2 Å². The fourth-order valence-electron chi connectivity index (χ4n) is 2.91. The number of aromatic nitrogens is 1. The first kappa shape index (κ1) is 31.6. The van der Waals surface area contributed by atoms with E-state index in [-0.39, 0.29) is 36.5 Å². The van der Waals surface area contributed by atoms with E-state index in [0.29, 0.717) is 24.6 Å². The molecule has 1 heterocycles. The first-order valence-electron chi connectivity index (χ1n) is 12.4. The fourth-order valence-corrected chi connectivity index (χ4v) is 4.73. The summed E-state index contributed by atoms with van der Waals surface area (Å²) >= 11 is 1.31. The van der Waals surface area contributed by atoms with Gasteiger partial charge in [0.2, 0.25) is 5.91 Å². The van der Waals surface area contributed by atoms with Gasteiger partial charge in [0.1, 0.15) is 23.4 Å².